The molecule has 0 amide bonds. The molecule has 0 heterocycles. The summed E-state index contributed by atoms with van der Waals surface area (Å²) in [5.41, 5.74) is 1.03. The van der Waals surface area contributed by atoms with Gasteiger partial charge in [0.05, 0.1) is 13.2 Å². The smallest absolute Gasteiger partial charge is 0.305 e. The summed E-state index contributed by atoms with van der Waals surface area (Å²) in [5, 5.41) is 0. The summed E-state index contributed by atoms with van der Waals surface area (Å²) in [6.45, 7) is 4.05. The molecule has 0 fully saturated rings. The van der Waals surface area contributed by atoms with E-state index in [1.54, 1.807) is 26.0 Å². The summed E-state index contributed by atoms with van der Waals surface area (Å²) >= 11 is 6.01. The van der Waals surface area contributed by atoms with Crippen LogP contribution in [0.15, 0.2) is 47.3 Å². The van der Waals surface area contributed by atoms with E-state index in [1.807, 2.05) is 36.4 Å². The lowest BCUT2D eigenvalue weighted by Gasteiger charge is -2.15. The van der Waals surface area contributed by atoms with E-state index in [-0.39, 0.29) is 18.0 Å². The van der Waals surface area contributed by atoms with Crippen molar-refractivity contribution < 1.29 is 13.6 Å². The third-order valence-corrected chi connectivity index (χ3v) is 4.80. The van der Waals surface area contributed by atoms with E-state index in [4.69, 9.17) is 20.6 Å². The van der Waals surface area contributed by atoms with Crippen molar-refractivity contribution in [1.29, 1.82) is 0 Å². The third-order valence-electron chi connectivity index (χ3n) is 2.18. The van der Waals surface area contributed by atoms with E-state index in [9.17, 15) is 4.57 Å². The summed E-state index contributed by atoms with van der Waals surface area (Å²) in [4.78, 5) is 0. The van der Waals surface area contributed by atoms with E-state index in [0.29, 0.717) is 0 Å². The van der Waals surface area contributed by atoms with Crippen molar-refractivity contribution in [2.75, 3.05) is 13.2 Å². The van der Waals surface area contributed by atoms with Crippen LogP contribution in [0.4, 0.5) is 0 Å². The Kier molecular flexibility index (Phi) is 7.11. The highest BCUT2D eigenvalue weighted by molar-refractivity contribution is 7.61. The zero-order valence-corrected chi connectivity index (χ0v) is 12.7. The lowest BCUT2D eigenvalue weighted by molar-refractivity contribution is 0.228. The zero-order valence-electron chi connectivity index (χ0n) is 11.1. The van der Waals surface area contributed by atoms with Crippen LogP contribution in [0.2, 0.25) is 0 Å². The van der Waals surface area contributed by atoms with Gasteiger partial charge in [-0.15, -0.1) is 0 Å². The summed E-state index contributed by atoms with van der Waals surface area (Å²) < 4.78 is 22.6. The molecule has 1 aromatic carbocycles. The molecule has 0 saturated carbocycles. The van der Waals surface area contributed by atoms with Crippen molar-refractivity contribution in [2.24, 2.45) is 0 Å². The molecule has 5 heteroatoms. The van der Waals surface area contributed by atoms with E-state index in [2.05, 4.69) is 0 Å². The Bertz CT molecular complexity index is 473. The molecule has 0 atom stereocenters. The molecule has 0 saturated heterocycles. The van der Waals surface area contributed by atoms with Crippen LogP contribution in [0.3, 0.4) is 0 Å². The summed E-state index contributed by atoms with van der Waals surface area (Å²) in [7, 11) is -3.36. The van der Waals surface area contributed by atoms with Gasteiger partial charge in [-0.05, 0) is 25.5 Å². The molecule has 0 bridgehead atoms. The molecule has 0 spiro atoms. The second-order valence-electron chi connectivity index (χ2n) is 3.59. The minimum atomic E-state index is -3.36. The largest absolute Gasteiger partial charge is 0.372 e. The van der Waals surface area contributed by atoms with Crippen LogP contribution < -0.4 is 0 Å². The summed E-state index contributed by atoms with van der Waals surface area (Å²) in [5.74, 6) is 0. The number of halogens is 1. The first-order valence-electron chi connectivity index (χ1n) is 6.11. The highest BCUT2D eigenvalue weighted by Gasteiger charge is 2.27. The Morgan fingerprint density at radius 1 is 1.21 bits per heavy atom. The van der Waals surface area contributed by atoms with Crippen molar-refractivity contribution in [3.8, 4) is 0 Å². The Balaban J connectivity index is 2.79. The van der Waals surface area contributed by atoms with Gasteiger partial charge in [-0.2, -0.15) is 0 Å². The van der Waals surface area contributed by atoms with Crippen molar-refractivity contribution in [3.63, 3.8) is 0 Å². The van der Waals surface area contributed by atoms with E-state index >= 15 is 0 Å². The van der Waals surface area contributed by atoms with Crippen LogP contribution in [0.5, 0.6) is 0 Å². The van der Waals surface area contributed by atoms with Gasteiger partial charge >= 0.3 is 7.60 Å². The SMILES string of the molecule is CCOP(=O)(OCC)/C(Cl)=C\C=C\c1ccccc1. The maximum absolute atomic E-state index is 12.3. The molecule has 1 aromatic rings. The molecule has 0 aromatic heterocycles. The summed E-state index contributed by atoms with van der Waals surface area (Å²) in [6.07, 6.45) is 5.13. The van der Waals surface area contributed by atoms with E-state index in [0.717, 1.165) is 5.56 Å². The highest BCUT2D eigenvalue weighted by atomic mass is 35.5. The Morgan fingerprint density at radius 2 is 1.79 bits per heavy atom. The molecular formula is C14H18ClO3P. The molecule has 0 radical (unpaired) electrons. The van der Waals surface area contributed by atoms with Crippen LogP contribution in [-0.2, 0) is 13.6 Å². The fourth-order valence-corrected chi connectivity index (χ4v) is 3.03. The average Bonchev–Trinajstić information content (AvgIpc) is 2.40. The molecule has 19 heavy (non-hydrogen) atoms. The first-order valence-corrected chi connectivity index (χ1v) is 8.03. The quantitative estimate of drug-likeness (QED) is 0.522. The van der Waals surface area contributed by atoms with Gasteiger partial charge < -0.3 is 9.05 Å². The first-order chi connectivity index (χ1) is 9.12. The topological polar surface area (TPSA) is 35.5 Å². The maximum Gasteiger partial charge on any atom is 0.372 e. The average molecular weight is 301 g/mol. The monoisotopic (exact) mass is 300 g/mol. The van der Waals surface area contributed by atoms with Crippen molar-refractivity contribution in [1.82, 2.24) is 0 Å². The summed E-state index contributed by atoms with van der Waals surface area (Å²) in [6, 6.07) is 9.75. The van der Waals surface area contributed by atoms with Crippen LogP contribution in [0.25, 0.3) is 6.08 Å². The number of allylic oxidation sites excluding steroid dienone is 2. The van der Waals surface area contributed by atoms with Crippen LogP contribution in [0, 0.1) is 0 Å². The second kappa shape index (κ2) is 8.34. The predicted octanol–water partition coefficient (Wildman–Crippen LogP) is 5.05. The molecule has 0 N–H and O–H groups in total. The van der Waals surface area contributed by atoms with E-state index < -0.39 is 7.60 Å². The van der Waals surface area contributed by atoms with Crippen LogP contribution in [0.1, 0.15) is 19.4 Å². The van der Waals surface area contributed by atoms with Gasteiger partial charge in [0.25, 0.3) is 0 Å². The van der Waals surface area contributed by atoms with Crippen molar-refractivity contribution in [2.45, 2.75) is 13.8 Å². The fourth-order valence-electron chi connectivity index (χ4n) is 1.39. The van der Waals surface area contributed by atoms with Gasteiger partial charge in [0, 0.05) is 0 Å². The molecule has 104 valence electrons. The van der Waals surface area contributed by atoms with Crippen LogP contribution >= 0.6 is 19.2 Å². The molecule has 3 nitrogen and oxygen atoms in total. The van der Waals surface area contributed by atoms with Gasteiger partial charge in [0.15, 0.2) is 0 Å². The van der Waals surface area contributed by atoms with Gasteiger partial charge in [0.2, 0.25) is 0 Å². The molecular weight excluding hydrogens is 283 g/mol. The third kappa shape index (κ3) is 5.33. The number of benzene rings is 1. The second-order valence-corrected chi connectivity index (χ2v) is 6.26. The Labute approximate surface area is 119 Å². The lowest BCUT2D eigenvalue weighted by Crippen LogP contribution is -1.95. The number of hydrogen-bond acceptors (Lipinski definition) is 3. The zero-order chi connectivity index (χ0) is 14.1. The Hall–Kier alpha value is -0.860. The highest BCUT2D eigenvalue weighted by Crippen LogP contribution is 2.57. The lowest BCUT2D eigenvalue weighted by atomic mass is 10.2. The number of rotatable bonds is 7. The molecule has 0 aliphatic heterocycles. The van der Waals surface area contributed by atoms with Gasteiger partial charge in [-0.3, -0.25) is 4.57 Å². The van der Waals surface area contributed by atoms with Crippen LogP contribution in [-0.4, -0.2) is 13.2 Å². The molecule has 1 rings (SSSR count). The Morgan fingerprint density at radius 3 is 2.32 bits per heavy atom. The van der Waals surface area contributed by atoms with Crippen molar-refractivity contribution >= 4 is 25.3 Å². The molecule has 0 aliphatic carbocycles. The van der Waals surface area contributed by atoms with Gasteiger partial charge in [-0.25, -0.2) is 0 Å². The molecule has 0 unspecified atom stereocenters. The van der Waals surface area contributed by atoms with E-state index in [1.165, 1.54) is 0 Å². The first kappa shape index (κ1) is 16.2. The van der Waals surface area contributed by atoms with Crippen molar-refractivity contribution in [3.05, 3.63) is 52.8 Å². The van der Waals surface area contributed by atoms with Gasteiger partial charge in [-0.1, -0.05) is 54.1 Å². The predicted molar refractivity (Wildman–Crippen MR) is 80.3 cm³/mol. The normalized spacial score (nSPS) is 13.1. The minimum absolute atomic E-state index is 0.0865. The van der Waals surface area contributed by atoms with Gasteiger partial charge in [0.1, 0.15) is 4.77 Å². The fraction of sp³-hybridized carbons (Fsp3) is 0.286. The minimum Gasteiger partial charge on any atom is -0.305 e. The molecule has 0 aliphatic rings. The number of hydrogen-bond donors (Lipinski definition) is 0. The standard InChI is InChI=1S/C14H18ClO3P/c1-3-17-19(16,18-4-2)14(15)12-8-11-13-9-6-5-7-10-13/h5-12H,3-4H2,1-2H3/b11-8+,14-12-. The maximum atomic E-state index is 12.3.